The Morgan fingerprint density at radius 2 is 1.59 bits per heavy atom. The van der Waals surface area contributed by atoms with E-state index in [1.54, 1.807) is 13.1 Å². The number of carbonyl (C=O) groups excluding carboxylic acids is 1. The second-order valence-electron chi connectivity index (χ2n) is 10.2. The summed E-state index contributed by atoms with van der Waals surface area (Å²) in [4.78, 5) is 11.7. The van der Waals surface area contributed by atoms with Crippen LogP contribution in [0.25, 0.3) is 16.6 Å². The molecule has 0 radical (unpaired) electrons. The maximum Gasteiger partial charge on any atom is 0.241 e. The van der Waals surface area contributed by atoms with Crippen molar-refractivity contribution in [2.24, 2.45) is 5.73 Å². The van der Waals surface area contributed by atoms with Crippen LogP contribution in [0, 0.1) is 27.7 Å². The molecule has 0 bridgehead atoms. The van der Waals surface area contributed by atoms with Gasteiger partial charge in [-0.05, 0) is 94.6 Å². The molecule has 206 valence electrons. The lowest BCUT2D eigenvalue weighted by atomic mass is 10.1. The molecule has 1 aromatic heterocycles. The number of sulfonamides is 1. The number of anilines is 2. The maximum absolute atomic E-state index is 13.2. The first-order valence-electron chi connectivity index (χ1n) is 12.8. The molecule has 10 heteroatoms. The largest absolute Gasteiger partial charge is 0.383 e. The number of hydrogen-bond acceptors (Lipinski definition) is 6. The predicted molar refractivity (Wildman–Crippen MR) is 157 cm³/mol. The summed E-state index contributed by atoms with van der Waals surface area (Å²) in [6, 6.07) is 14.6. The lowest BCUT2D eigenvalue weighted by molar-refractivity contribution is -0.118. The van der Waals surface area contributed by atoms with E-state index in [4.69, 9.17) is 5.73 Å². The number of benzene rings is 3. The van der Waals surface area contributed by atoms with Crippen molar-refractivity contribution in [2.75, 3.05) is 17.2 Å². The third-order valence-electron chi connectivity index (χ3n) is 6.58. The highest BCUT2D eigenvalue weighted by Gasteiger charge is 2.22. The Kier molecular flexibility index (Phi) is 7.99. The second-order valence-corrected chi connectivity index (χ2v) is 11.9. The minimum absolute atomic E-state index is 0.337. The van der Waals surface area contributed by atoms with Crippen LogP contribution in [-0.2, 0) is 14.8 Å². The summed E-state index contributed by atoms with van der Waals surface area (Å²) in [5.41, 5.74) is 12.3. The van der Waals surface area contributed by atoms with E-state index in [0.29, 0.717) is 11.4 Å². The molecule has 0 saturated heterocycles. The van der Waals surface area contributed by atoms with E-state index in [1.807, 2.05) is 81.8 Å². The minimum atomic E-state index is -3.68. The van der Waals surface area contributed by atoms with Crippen LogP contribution >= 0.6 is 0 Å². The Labute approximate surface area is 229 Å². The Morgan fingerprint density at radius 3 is 2.21 bits per heavy atom. The molecule has 39 heavy (non-hydrogen) atoms. The first kappa shape index (κ1) is 28.1. The van der Waals surface area contributed by atoms with Crippen molar-refractivity contribution >= 4 is 38.2 Å². The van der Waals surface area contributed by atoms with Crippen molar-refractivity contribution in [1.29, 1.82) is 0 Å². The Bertz CT molecular complexity index is 1600. The van der Waals surface area contributed by atoms with Gasteiger partial charge in [-0.25, -0.2) is 17.8 Å². The van der Waals surface area contributed by atoms with Crippen molar-refractivity contribution in [1.82, 2.24) is 14.5 Å². The average molecular weight is 549 g/mol. The van der Waals surface area contributed by atoms with Gasteiger partial charge in [-0.15, -0.1) is 0 Å². The van der Waals surface area contributed by atoms with Crippen molar-refractivity contribution in [3.8, 4) is 5.69 Å². The molecule has 0 spiro atoms. The molecule has 4 aromatic rings. The molecule has 3 aromatic carbocycles. The van der Waals surface area contributed by atoms with E-state index in [2.05, 4.69) is 26.5 Å². The predicted octanol–water partition coefficient (Wildman–Crippen LogP) is 4.32. The zero-order chi connectivity index (χ0) is 28.5. The van der Waals surface area contributed by atoms with Crippen LogP contribution in [0.1, 0.15) is 36.1 Å². The molecule has 0 fully saturated rings. The van der Waals surface area contributed by atoms with Crippen LogP contribution in [0.3, 0.4) is 0 Å². The number of rotatable bonds is 10. The molecule has 0 aliphatic carbocycles. The fraction of sp³-hybridized carbons (Fsp3) is 0.310. The number of primary amides is 1. The topological polar surface area (TPSA) is 131 Å². The van der Waals surface area contributed by atoms with Gasteiger partial charge >= 0.3 is 0 Å². The first-order chi connectivity index (χ1) is 18.4. The van der Waals surface area contributed by atoms with Crippen molar-refractivity contribution in [3.05, 3.63) is 77.0 Å². The van der Waals surface area contributed by atoms with E-state index in [-0.39, 0.29) is 6.04 Å². The number of nitrogens with zero attached hydrogens (tertiary/aromatic N) is 2. The highest BCUT2D eigenvalue weighted by atomic mass is 32.2. The van der Waals surface area contributed by atoms with Gasteiger partial charge < -0.3 is 16.4 Å². The number of amides is 1. The summed E-state index contributed by atoms with van der Waals surface area (Å²) >= 11 is 0. The van der Waals surface area contributed by atoms with Gasteiger partial charge in [0.05, 0.1) is 22.3 Å². The van der Waals surface area contributed by atoms with Crippen molar-refractivity contribution in [3.63, 3.8) is 0 Å². The van der Waals surface area contributed by atoms with Crippen LogP contribution in [0.4, 0.5) is 11.4 Å². The second kappa shape index (κ2) is 11.1. The molecule has 1 heterocycles. The number of nitrogens with two attached hydrogens (primary N) is 1. The van der Waals surface area contributed by atoms with Gasteiger partial charge in [0.25, 0.3) is 0 Å². The summed E-state index contributed by atoms with van der Waals surface area (Å²) in [5.74, 6) is -0.421. The molecular formula is C29H36N6O3S. The van der Waals surface area contributed by atoms with Crippen LogP contribution in [-0.4, -0.2) is 42.7 Å². The molecule has 0 aliphatic rings. The van der Waals surface area contributed by atoms with Crippen molar-refractivity contribution < 1.29 is 13.2 Å². The highest BCUT2D eigenvalue weighted by Crippen LogP contribution is 2.28. The van der Waals surface area contributed by atoms with E-state index in [1.165, 1.54) is 0 Å². The zero-order valence-electron chi connectivity index (χ0n) is 23.2. The van der Waals surface area contributed by atoms with Crippen LogP contribution < -0.4 is 21.1 Å². The smallest absolute Gasteiger partial charge is 0.241 e. The number of aromatic nitrogens is 2. The third kappa shape index (κ3) is 6.23. The first-order valence-corrected chi connectivity index (χ1v) is 14.3. The average Bonchev–Trinajstić information content (AvgIpc) is 3.25. The SMILES string of the molecule is Cc1cc(C)c(S(=O)(=O)N[C@@H](C)CNc2cc(C)cc3c2cnn3-c2ccc(N[C@@H](C)C(N)=O)cc2)c(C)c1. The molecular weight excluding hydrogens is 512 g/mol. The molecule has 0 unspecified atom stereocenters. The Balaban J connectivity index is 1.52. The summed E-state index contributed by atoms with van der Waals surface area (Å²) < 4.78 is 31.0. The standard InChI is InChI=1S/C29H36N6O3S/c1-17-11-19(3)28(20(4)12-17)39(37,38)34-21(5)15-31-26-13-18(2)14-27-25(26)16-32-35(27)24-9-7-23(8-10-24)33-22(6)29(30)36/h7-14,16,21-22,31,33-34H,15H2,1-6H3,(H2,30,36)/t21-,22-/m0/s1. The summed E-state index contributed by atoms with van der Waals surface area (Å²) in [6.45, 7) is 11.6. The molecule has 2 atom stereocenters. The van der Waals surface area contributed by atoms with Gasteiger partial charge in [0.2, 0.25) is 15.9 Å². The van der Waals surface area contributed by atoms with E-state index < -0.39 is 22.0 Å². The molecule has 9 nitrogen and oxygen atoms in total. The molecule has 0 aliphatic heterocycles. The normalized spacial score (nSPS) is 13.3. The summed E-state index contributed by atoms with van der Waals surface area (Å²) in [5, 5.41) is 12.0. The maximum atomic E-state index is 13.2. The number of nitrogens with one attached hydrogen (secondary N) is 3. The van der Waals surface area contributed by atoms with Gasteiger partial charge in [0.1, 0.15) is 6.04 Å². The highest BCUT2D eigenvalue weighted by molar-refractivity contribution is 7.89. The number of hydrogen-bond donors (Lipinski definition) is 4. The van der Waals surface area contributed by atoms with E-state index in [0.717, 1.165) is 50.2 Å². The van der Waals surface area contributed by atoms with Crippen LogP contribution in [0.5, 0.6) is 0 Å². The molecule has 0 saturated carbocycles. The fourth-order valence-electron chi connectivity index (χ4n) is 4.86. The van der Waals surface area contributed by atoms with Gasteiger partial charge in [0.15, 0.2) is 0 Å². The quantitative estimate of drug-likeness (QED) is 0.233. The van der Waals surface area contributed by atoms with Gasteiger partial charge in [-0.2, -0.15) is 5.10 Å². The van der Waals surface area contributed by atoms with Crippen molar-refractivity contribution in [2.45, 2.75) is 58.5 Å². The number of aryl methyl sites for hydroxylation is 4. The van der Waals surface area contributed by atoms with E-state index in [9.17, 15) is 13.2 Å². The third-order valence-corrected chi connectivity index (χ3v) is 8.48. The molecule has 1 amide bonds. The lowest BCUT2D eigenvalue weighted by Gasteiger charge is -2.19. The van der Waals surface area contributed by atoms with E-state index >= 15 is 0 Å². The van der Waals surface area contributed by atoms with Crippen LogP contribution in [0.15, 0.2) is 59.6 Å². The summed E-state index contributed by atoms with van der Waals surface area (Å²) in [7, 11) is -3.68. The zero-order valence-corrected chi connectivity index (χ0v) is 24.0. The monoisotopic (exact) mass is 548 g/mol. The summed E-state index contributed by atoms with van der Waals surface area (Å²) in [6.07, 6.45) is 1.80. The Hall–Kier alpha value is -3.89. The molecule has 4 rings (SSSR count). The lowest BCUT2D eigenvalue weighted by Crippen LogP contribution is -2.38. The van der Waals surface area contributed by atoms with Gasteiger partial charge in [-0.3, -0.25) is 4.79 Å². The Morgan fingerprint density at radius 1 is 0.974 bits per heavy atom. The fourth-order valence-corrected chi connectivity index (χ4v) is 6.55. The molecule has 5 N–H and O–H groups in total. The minimum Gasteiger partial charge on any atom is -0.383 e. The van der Waals surface area contributed by atoms with Gasteiger partial charge in [-0.1, -0.05) is 17.7 Å². The number of fused-ring (bicyclic) bond motifs is 1. The number of carbonyl (C=O) groups is 1. The van der Waals surface area contributed by atoms with Gasteiger partial charge in [0, 0.05) is 29.3 Å². The van der Waals surface area contributed by atoms with Crippen LogP contribution in [0.2, 0.25) is 0 Å².